The summed E-state index contributed by atoms with van der Waals surface area (Å²) in [5.41, 5.74) is 1.70. The predicted molar refractivity (Wildman–Crippen MR) is 81.4 cm³/mol. The molecule has 0 aliphatic carbocycles. The van der Waals surface area contributed by atoms with Gasteiger partial charge >= 0.3 is 0 Å². The van der Waals surface area contributed by atoms with Gasteiger partial charge in [0.1, 0.15) is 0 Å². The highest BCUT2D eigenvalue weighted by atomic mass is 35.5. The van der Waals surface area contributed by atoms with Crippen LogP contribution in [0.4, 0.5) is 0 Å². The quantitative estimate of drug-likeness (QED) is 0.865. The maximum Gasteiger partial charge on any atom is 0.254 e. The Bertz CT molecular complexity index is 435. The Hall–Kier alpha value is -0.770. The van der Waals surface area contributed by atoms with E-state index in [4.69, 9.17) is 11.6 Å². The zero-order valence-electron chi connectivity index (χ0n) is 11.4. The highest BCUT2D eigenvalue weighted by Gasteiger charge is 2.25. The molecular weight excluding hydrogens is 283 g/mol. The lowest BCUT2D eigenvalue weighted by Gasteiger charge is -2.36. The van der Waals surface area contributed by atoms with Crippen LogP contribution in [-0.2, 0) is 0 Å². The van der Waals surface area contributed by atoms with Crippen molar-refractivity contribution in [3.05, 3.63) is 34.3 Å². The van der Waals surface area contributed by atoms with Crippen LogP contribution >= 0.6 is 24.0 Å². The number of hydrogen-bond donors (Lipinski definition) is 1. The average molecular weight is 303 g/mol. The molecule has 19 heavy (non-hydrogen) atoms. The summed E-state index contributed by atoms with van der Waals surface area (Å²) in [6, 6.07) is 6.16. The zero-order valence-corrected chi connectivity index (χ0v) is 13.0. The molecule has 1 aromatic carbocycles. The Morgan fingerprint density at radius 3 is 2.37 bits per heavy atom. The van der Waals surface area contributed by atoms with Crippen LogP contribution in [0.2, 0.25) is 5.02 Å². The number of piperazine rings is 1. The molecule has 1 amide bonds. The minimum absolute atomic E-state index is 0. The van der Waals surface area contributed by atoms with Crippen molar-refractivity contribution in [2.24, 2.45) is 0 Å². The third-order valence-corrected chi connectivity index (χ3v) is 3.35. The summed E-state index contributed by atoms with van der Waals surface area (Å²) < 4.78 is 0. The van der Waals surface area contributed by atoms with Crippen LogP contribution in [0.15, 0.2) is 18.2 Å². The number of aryl methyl sites for hydroxylation is 1. The number of nitrogens with zero attached hydrogens (tertiary/aromatic N) is 1. The maximum atomic E-state index is 12.4. The highest BCUT2D eigenvalue weighted by Crippen LogP contribution is 2.17. The van der Waals surface area contributed by atoms with Crippen molar-refractivity contribution < 1.29 is 4.79 Å². The normalized spacial score (nSPS) is 22.8. The van der Waals surface area contributed by atoms with E-state index in [1.54, 1.807) is 6.07 Å². The number of carbonyl (C=O) groups is 1. The summed E-state index contributed by atoms with van der Waals surface area (Å²) >= 11 is 6.01. The molecule has 1 N–H and O–H groups in total. The van der Waals surface area contributed by atoms with E-state index in [-0.39, 0.29) is 18.3 Å². The smallest absolute Gasteiger partial charge is 0.254 e. The van der Waals surface area contributed by atoms with Gasteiger partial charge in [-0.25, -0.2) is 0 Å². The fourth-order valence-corrected chi connectivity index (χ4v) is 2.82. The second kappa shape index (κ2) is 6.60. The standard InChI is InChI=1S/C14H19ClN2O.ClH/c1-9-4-12(6-13(15)5-9)14(18)17-7-10(2)16-11(3)8-17;/h4-6,10-11,16H,7-8H2,1-3H3;1H. The minimum Gasteiger partial charge on any atom is -0.336 e. The molecule has 2 rings (SSSR count). The van der Waals surface area contributed by atoms with E-state index in [0.29, 0.717) is 22.7 Å². The van der Waals surface area contributed by atoms with Crippen LogP contribution < -0.4 is 5.32 Å². The Kier molecular flexibility index (Phi) is 5.65. The monoisotopic (exact) mass is 302 g/mol. The Morgan fingerprint density at radius 1 is 1.26 bits per heavy atom. The fraction of sp³-hybridized carbons (Fsp3) is 0.500. The van der Waals surface area contributed by atoms with Crippen molar-refractivity contribution in [1.82, 2.24) is 10.2 Å². The third kappa shape index (κ3) is 4.10. The molecule has 3 nitrogen and oxygen atoms in total. The molecule has 106 valence electrons. The van der Waals surface area contributed by atoms with Gasteiger partial charge < -0.3 is 10.2 Å². The van der Waals surface area contributed by atoms with Crippen LogP contribution in [0.5, 0.6) is 0 Å². The van der Waals surface area contributed by atoms with Gasteiger partial charge in [-0.2, -0.15) is 0 Å². The largest absolute Gasteiger partial charge is 0.336 e. The SMILES string of the molecule is Cc1cc(Cl)cc(C(=O)N2CC(C)NC(C)C2)c1.Cl. The van der Waals surface area contributed by atoms with Gasteiger partial charge in [0.25, 0.3) is 5.91 Å². The first-order chi connectivity index (χ1) is 8.45. The Morgan fingerprint density at radius 2 is 1.84 bits per heavy atom. The maximum absolute atomic E-state index is 12.4. The number of amides is 1. The molecule has 1 fully saturated rings. The molecule has 2 unspecified atom stereocenters. The molecule has 0 bridgehead atoms. The summed E-state index contributed by atoms with van der Waals surface area (Å²) in [5, 5.41) is 4.04. The fourth-order valence-electron chi connectivity index (χ4n) is 2.54. The van der Waals surface area contributed by atoms with E-state index < -0.39 is 0 Å². The predicted octanol–water partition coefficient (Wildman–Crippen LogP) is 2.89. The molecule has 0 saturated carbocycles. The van der Waals surface area contributed by atoms with Crippen molar-refractivity contribution >= 4 is 29.9 Å². The van der Waals surface area contributed by atoms with Gasteiger partial charge in [0, 0.05) is 35.8 Å². The number of nitrogens with one attached hydrogen (secondary N) is 1. The first-order valence-electron chi connectivity index (χ1n) is 6.28. The van der Waals surface area contributed by atoms with Crippen molar-refractivity contribution in [3.63, 3.8) is 0 Å². The first kappa shape index (κ1) is 16.3. The molecular formula is C14H20Cl2N2O. The average Bonchev–Trinajstić information content (AvgIpc) is 2.25. The van der Waals surface area contributed by atoms with Gasteiger partial charge in [-0.05, 0) is 44.5 Å². The summed E-state index contributed by atoms with van der Waals surface area (Å²) in [4.78, 5) is 14.3. The van der Waals surface area contributed by atoms with Gasteiger partial charge in [0.15, 0.2) is 0 Å². The lowest BCUT2D eigenvalue weighted by atomic mass is 10.1. The molecule has 5 heteroatoms. The van der Waals surface area contributed by atoms with E-state index in [1.807, 2.05) is 24.0 Å². The minimum atomic E-state index is 0. The van der Waals surface area contributed by atoms with E-state index in [9.17, 15) is 4.79 Å². The molecule has 1 aliphatic heterocycles. The number of carbonyl (C=O) groups excluding carboxylic acids is 1. The van der Waals surface area contributed by atoms with Crippen LogP contribution in [0, 0.1) is 6.92 Å². The second-order valence-corrected chi connectivity index (χ2v) is 5.63. The molecule has 0 aromatic heterocycles. The van der Waals surface area contributed by atoms with E-state index in [2.05, 4.69) is 19.2 Å². The van der Waals surface area contributed by atoms with Crippen molar-refractivity contribution in [3.8, 4) is 0 Å². The number of benzene rings is 1. The second-order valence-electron chi connectivity index (χ2n) is 5.20. The van der Waals surface area contributed by atoms with E-state index in [0.717, 1.165) is 18.7 Å². The van der Waals surface area contributed by atoms with Gasteiger partial charge in [-0.3, -0.25) is 4.79 Å². The van der Waals surface area contributed by atoms with Crippen LogP contribution in [0.25, 0.3) is 0 Å². The van der Waals surface area contributed by atoms with Crippen LogP contribution in [0.3, 0.4) is 0 Å². The molecule has 1 aliphatic rings. The molecule has 1 saturated heterocycles. The zero-order chi connectivity index (χ0) is 13.3. The summed E-state index contributed by atoms with van der Waals surface area (Å²) in [5.74, 6) is 0.0702. The Balaban J connectivity index is 0.00000180. The molecule has 1 aromatic rings. The molecule has 2 atom stereocenters. The molecule has 1 heterocycles. The Labute approximate surface area is 125 Å². The first-order valence-corrected chi connectivity index (χ1v) is 6.66. The lowest BCUT2D eigenvalue weighted by molar-refractivity contribution is 0.0673. The van der Waals surface area contributed by atoms with Crippen LogP contribution in [-0.4, -0.2) is 36.0 Å². The molecule has 0 radical (unpaired) electrons. The van der Waals surface area contributed by atoms with Crippen LogP contribution in [0.1, 0.15) is 29.8 Å². The molecule has 0 spiro atoms. The van der Waals surface area contributed by atoms with Gasteiger partial charge in [0.2, 0.25) is 0 Å². The highest BCUT2D eigenvalue weighted by molar-refractivity contribution is 6.31. The van der Waals surface area contributed by atoms with Crippen molar-refractivity contribution in [2.45, 2.75) is 32.9 Å². The van der Waals surface area contributed by atoms with Crippen molar-refractivity contribution in [1.29, 1.82) is 0 Å². The summed E-state index contributed by atoms with van der Waals surface area (Å²) in [6.45, 7) is 7.63. The van der Waals surface area contributed by atoms with Gasteiger partial charge in [-0.1, -0.05) is 11.6 Å². The number of hydrogen-bond acceptors (Lipinski definition) is 2. The van der Waals surface area contributed by atoms with Gasteiger partial charge in [-0.15, -0.1) is 12.4 Å². The van der Waals surface area contributed by atoms with E-state index >= 15 is 0 Å². The summed E-state index contributed by atoms with van der Waals surface area (Å²) in [6.07, 6.45) is 0. The third-order valence-electron chi connectivity index (χ3n) is 3.13. The van der Waals surface area contributed by atoms with E-state index in [1.165, 1.54) is 0 Å². The lowest BCUT2D eigenvalue weighted by Crippen LogP contribution is -2.55. The topological polar surface area (TPSA) is 32.3 Å². The number of halogens is 2. The van der Waals surface area contributed by atoms with Crippen molar-refractivity contribution in [2.75, 3.05) is 13.1 Å². The van der Waals surface area contributed by atoms with Gasteiger partial charge in [0.05, 0.1) is 0 Å². The number of rotatable bonds is 1. The summed E-state index contributed by atoms with van der Waals surface area (Å²) in [7, 11) is 0.